The molecule has 0 N–H and O–H groups in total. The molecule has 5 heteroatoms. The van der Waals surface area contributed by atoms with Crippen molar-refractivity contribution in [1.29, 1.82) is 0 Å². The van der Waals surface area contributed by atoms with Gasteiger partial charge < -0.3 is 0 Å². The van der Waals surface area contributed by atoms with Crippen LogP contribution in [0.15, 0.2) is 35.1 Å². The lowest BCUT2D eigenvalue weighted by Crippen LogP contribution is -2.14. The summed E-state index contributed by atoms with van der Waals surface area (Å²) in [5.74, 6) is 0. The van der Waals surface area contributed by atoms with Crippen molar-refractivity contribution in [3.8, 4) is 0 Å². The molecular weight excluding hydrogens is 258 g/mol. The van der Waals surface area contributed by atoms with Gasteiger partial charge in [0.2, 0.25) is 0 Å². The van der Waals surface area contributed by atoms with E-state index in [0.29, 0.717) is 17.7 Å². The van der Waals surface area contributed by atoms with E-state index in [1.165, 1.54) is 4.57 Å². The summed E-state index contributed by atoms with van der Waals surface area (Å²) in [5.41, 5.74) is 1.13. The maximum absolute atomic E-state index is 11.6. The summed E-state index contributed by atoms with van der Waals surface area (Å²) in [6.07, 6.45) is 1.34. The van der Waals surface area contributed by atoms with Crippen molar-refractivity contribution >= 4 is 29.2 Å². The first-order valence-electron chi connectivity index (χ1n) is 5.10. The van der Waals surface area contributed by atoms with Crippen LogP contribution in [0, 0.1) is 0 Å². The standard InChI is InChI=1S/C12H10ClNO2S/c13-11-10(8-15)17-12(16)14(11)7-6-9-4-2-1-3-5-9/h1-5,8H,6-7H2. The lowest BCUT2D eigenvalue weighted by Gasteiger charge is -2.03. The maximum atomic E-state index is 11.6. The fourth-order valence-corrected chi connectivity index (χ4v) is 2.65. The minimum Gasteiger partial charge on any atom is -0.297 e. The van der Waals surface area contributed by atoms with Gasteiger partial charge in [0, 0.05) is 6.54 Å². The van der Waals surface area contributed by atoms with Crippen LogP contribution in [-0.4, -0.2) is 10.9 Å². The Kier molecular flexibility index (Phi) is 3.76. The molecule has 0 unspecified atom stereocenters. The van der Waals surface area contributed by atoms with Gasteiger partial charge >= 0.3 is 4.87 Å². The van der Waals surface area contributed by atoms with Crippen LogP contribution in [0.5, 0.6) is 0 Å². The largest absolute Gasteiger partial charge is 0.308 e. The molecule has 0 spiro atoms. The molecule has 88 valence electrons. The van der Waals surface area contributed by atoms with Crippen molar-refractivity contribution in [2.75, 3.05) is 0 Å². The predicted molar refractivity (Wildman–Crippen MR) is 69.1 cm³/mol. The molecule has 1 heterocycles. The highest BCUT2D eigenvalue weighted by atomic mass is 35.5. The second-order valence-electron chi connectivity index (χ2n) is 3.53. The third kappa shape index (κ3) is 2.65. The van der Waals surface area contributed by atoms with Gasteiger partial charge in [0.25, 0.3) is 0 Å². The average molecular weight is 268 g/mol. The number of aromatic nitrogens is 1. The minimum atomic E-state index is -0.187. The number of benzene rings is 1. The van der Waals surface area contributed by atoms with Crippen LogP contribution in [0.1, 0.15) is 15.2 Å². The van der Waals surface area contributed by atoms with Gasteiger partial charge in [-0.05, 0) is 12.0 Å². The quantitative estimate of drug-likeness (QED) is 0.799. The molecule has 0 aliphatic heterocycles. The van der Waals surface area contributed by atoms with Gasteiger partial charge in [-0.2, -0.15) is 0 Å². The first-order valence-corrected chi connectivity index (χ1v) is 6.30. The van der Waals surface area contributed by atoms with Gasteiger partial charge in [0.15, 0.2) is 6.29 Å². The van der Waals surface area contributed by atoms with E-state index in [4.69, 9.17) is 11.6 Å². The third-order valence-corrected chi connectivity index (χ3v) is 3.86. The molecule has 0 saturated heterocycles. The summed E-state index contributed by atoms with van der Waals surface area (Å²) in [6, 6.07) is 9.82. The summed E-state index contributed by atoms with van der Waals surface area (Å²) < 4.78 is 1.43. The van der Waals surface area contributed by atoms with Gasteiger partial charge in [-0.15, -0.1) is 0 Å². The Balaban J connectivity index is 2.17. The van der Waals surface area contributed by atoms with Gasteiger partial charge in [0.05, 0.1) is 0 Å². The van der Waals surface area contributed by atoms with Gasteiger partial charge in [0.1, 0.15) is 10.0 Å². The molecule has 0 aliphatic rings. The molecule has 1 aromatic heterocycles. The fourth-order valence-electron chi connectivity index (χ4n) is 1.55. The minimum absolute atomic E-state index is 0.187. The van der Waals surface area contributed by atoms with E-state index in [0.717, 1.165) is 23.3 Å². The second-order valence-corrected chi connectivity index (χ2v) is 4.88. The molecule has 3 nitrogen and oxygen atoms in total. The van der Waals surface area contributed by atoms with Crippen LogP contribution in [0.3, 0.4) is 0 Å². The molecule has 0 amide bonds. The smallest absolute Gasteiger partial charge is 0.297 e. The van der Waals surface area contributed by atoms with Gasteiger partial charge in [-0.1, -0.05) is 53.3 Å². The van der Waals surface area contributed by atoms with Crippen LogP contribution in [0.2, 0.25) is 5.15 Å². The maximum Gasteiger partial charge on any atom is 0.308 e. The molecule has 17 heavy (non-hydrogen) atoms. The molecule has 0 fully saturated rings. The summed E-state index contributed by atoms with van der Waals surface area (Å²) in [6.45, 7) is 0.492. The normalized spacial score (nSPS) is 10.4. The molecule has 2 rings (SSSR count). The molecule has 0 saturated carbocycles. The summed E-state index contributed by atoms with van der Waals surface area (Å²) in [5, 5.41) is 0.242. The van der Waals surface area contributed by atoms with E-state index in [2.05, 4.69) is 0 Å². The molecule has 0 radical (unpaired) electrons. The fraction of sp³-hybridized carbons (Fsp3) is 0.167. The molecule has 2 aromatic rings. The van der Waals surface area contributed by atoms with Gasteiger partial charge in [-0.3, -0.25) is 14.2 Å². The summed E-state index contributed by atoms with van der Waals surface area (Å²) in [4.78, 5) is 22.3. The molecule has 0 atom stereocenters. The number of aldehydes is 1. The Morgan fingerprint density at radius 1 is 1.29 bits per heavy atom. The molecule has 1 aromatic carbocycles. The molecule has 0 aliphatic carbocycles. The topological polar surface area (TPSA) is 39.1 Å². The SMILES string of the molecule is O=Cc1sc(=O)n(CCc2ccccc2)c1Cl. The zero-order valence-corrected chi connectivity index (χ0v) is 10.5. The number of thiazole rings is 1. The van der Waals surface area contributed by atoms with Crippen LogP contribution in [-0.2, 0) is 13.0 Å². The van der Waals surface area contributed by atoms with Crippen molar-refractivity contribution in [3.05, 3.63) is 55.6 Å². The Morgan fingerprint density at radius 2 is 2.00 bits per heavy atom. The highest BCUT2D eigenvalue weighted by Crippen LogP contribution is 2.17. The molecular formula is C12H10ClNO2S. The van der Waals surface area contributed by atoms with Crippen LogP contribution in [0.4, 0.5) is 0 Å². The number of hydrogen-bond donors (Lipinski definition) is 0. The Hall–Kier alpha value is -1.39. The number of carbonyl (C=O) groups is 1. The van der Waals surface area contributed by atoms with E-state index in [9.17, 15) is 9.59 Å². The summed E-state index contributed by atoms with van der Waals surface area (Å²) >= 11 is 6.82. The number of hydrogen-bond acceptors (Lipinski definition) is 3. The van der Waals surface area contributed by atoms with E-state index in [1.54, 1.807) is 0 Å². The van der Waals surface area contributed by atoms with Crippen LogP contribution in [0.25, 0.3) is 0 Å². The molecule has 0 bridgehead atoms. The van der Waals surface area contributed by atoms with E-state index in [1.807, 2.05) is 30.3 Å². The van der Waals surface area contributed by atoms with Crippen molar-refractivity contribution < 1.29 is 4.79 Å². The number of rotatable bonds is 4. The number of nitrogens with zero attached hydrogens (tertiary/aromatic N) is 1. The third-order valence-electron chi connectivity index (χ3n) is 2.43. The van der Waals surface area contributed by atoms with Gasteiger partial charge in [-0.25, -0.2) is 0 Å². The zero-order valence-electron chi connectivity index (χ0n) is 8.93. The Labute approximate surface area is 107 Å². The summed E-state index contributed by atoms with van der Waals surface area (Å²) in [7, 11) is 0. The van der Waals surface area contributed by atoms with E-state index < -0.39 is 0 Å². The van der Waals surface area contributed by atoms with Crippen molar-refractivity contribution in [3.63, 3.8) is 0 Å². The monoisotopic (exact) mass is 267 g/mol. The Bertz CT molecular complexity index is 574. The van der Waals surface area contributed by atoms with E-state index in [-0.39, 0.29) is 10.0 Å². The van der Waals surface area contributed by atoms with Crippen molar-refractivity contribution in [2.24, 2.45) is 0 Å². The van der Waals surface area contributed by atoms with Crippen LogP contribution >= 0.6 is 22.9 Å². The zero-order chi connectivity index (χ0) is 12.3. The van der Waals surface area contributed by atoms with Crippen molar-refractivity contribution in [2.45, 2.75) is 13.0 Å². The van der Waals surface area contributed by atoms with Crippen molar-refractivity contribution in [1.82, 2.24) is 4.57 Å². The number of carbonyl (C=O) groups excluding carboxylic acids is 1. The van der Waals surface area contributed by atoms with E-state index >= 15 is 0 Å². The van der Waals surface area contributed by atoms with Crippen LogP contribution < -0.4 is 4.87 Å². The highest BCUT2D eigenvalue weighted by molar-refractivity contribution is 7.11. The second kappa shape index (κ2) is 5.29. The average Bonchev–Trinajstić information content (AvgIpc) is 2.63. The number of aryl methyl sites for hydroxylation is 1. The Morgan fingerprint density at radius 3 is 2.59 bits per heavy atom. The first-order chi connectivity index (χ1) is 8.22. The highest BCUT2D eigenvalue weighted by Gasteiger charge is 2.11. The number of halogens is 1. The lowest BCUT2D eigenvalue weighted by molar-refractivity contribution is 0.112. The lowest BCUT2D eigenvalue weighted by atomic mass is 10.1. The first kappa shape index (κ1) is 12.1. The predicted octanol–water partition coefficient (Wildman–Crippen LogP) is 2.62.